The zero-order chi connectivity index (χ0) is 11.7. The van der Waals surface area contributed by atoms with Gasteiger partial charge >= 0.3 is 0 Å². The molecule has 4 nitrogen and oxygen atoms in total. The topological polar surface area (TPSA) is 41.7 Å². The lowest BCUT2D eigenvalue weighted by molar-refractivity contribution is 0.132. The van der Waals surface area contributed by atoms with Crippen LogP contribution in [0.5, 0.6) is 0 Å². The Morgan fingerprint density at radius 2 is 1.65 bits per heavy atom. The van der Waals surface area contributed by atoms with Crippen LogP contribution in [-0.2, 0) is 4.74 Å². The maximum absolute atomic E-state index is 5.97. The minimum absolute atomic E-state index is 0.451. The average molecular weight is 239 g/mol. The second kappa shape index (κ2) is 5.22. The quantitative estimate of drug-likeness (QED) is 0.751. The third-order valence-corrected chi connectivity index (χ3v) is 4.71. The molecule has 3 aliphatic rings. The molecule has 0 bridgehead atoms. The van der Waals surface area contributed by atoms with Gasteiger partial charge in [0.1, 0.15) is 0 Å². The molecule has 2 atom stereocenters. The first-order valence-corrected chi connectivity index (χ1v) is 7.14. The van der Waals surface area contributed by atoms with Crippen molar-refractivity contribution in [3.63, 3.8) is 0 Å². The largest absolute Gasteiger partial charge is 0.380 e. The summed E-state index contributed by atoms with van der Waals surface area (Å²) in [5, 5.41) is 0. The number of nitrogens with two attached hydrogens (primary N) is 1. The number of nitrogens with zero attached hydrogens (tertiary/aromatic N) is 2. The predicted octanol–water partition coefficient (Wildman–Crippen LogP) is 0.273. The van der Waals surface area contributed by atoms with Gasteiger partial charge in [-0.25, -0.2) is 0 Å². The summed E-state index contributed by atoms with van der Waals surface area (Å²) < 4.78 is 5.49. The van der Waals surface area contributed by atoms with E-state index in [2.05, 4.69) is 9.80 Å². The summed E-state index contributed by atoms with van der Waals surface area (Å²) in [7, 11) is 0. The standard InChI is InChI=1S/C13H25N3O/c14-11-1-5-15(6-2-11)12-3-7-16(9-12)13-4-8-17-10-13/h11-13H,1-10,14H2. The summed E-state index contributed by atoms with van der Waals surface area (Å²) in [6.45, 7) is 6.86. The van der Waals surface area contributed by atoms with Crippen molar-refractivity contribution in [3.05, 3.63) is 0 Å². The molecule has 3 heterocycles. The Morgan fingerprint density at radius 1 is 0.882 bits per heavy atom. The van der Waals surface area contributed by atoms with Crippen LogP contribution < -0.4 is 5.73 Å². The lowest BCUT2D eigenvalue weighted by Gasteiger charge is -2.35. The first-order chi connectivity index (χ1) is 8.33. The van der Waals surface area contributed by atoms with Crippen molar-refractivity contribution in [1.82, 2.24) is 9.80 Å². The molecule has 0 spiro atoms. The molecule has 2 N–H and O–H groups in total. The van der Waals surface area contributed by atoms with E-state index in [1.54, 1.807) is 0 Å². The Hall–Kier alpha value is -0.160. The van der Waals surface area contributed by atoms with E-state index < -0.39 is 0 Å². The van der Waals surface area contributed by atoms with Crippen LogP contribution in [0.4, 0.5) is 0 Å². The molecular formula is C13H25N3O. The van der Waals surface area contributed by atoms with Crippen molar-refractivity contribution in [3.8, 4) is 0 Å². The van der Waals surface area contributed by atoms with Gasteiger partial charge in [0.25, 0.3) is 0 Å². The van der Waals surface area contributed by atoms with E-state index in [4.69, 9.17) is 10.5 Å². The van der Waals surface area contributed by atoms with Crippen LogP contribution in [0.25, 0.3) is 0 Å². The van der Waals surface area contributed by atoms with Gasteiger partial charge in [-0.2, -0.15) is 0 Å². The van der Waals surface area contributed by atoms with Gasteiger partial charge in [-0.3, -0.25) is 9.80 Å². The Labute approximate surface area is 104 Å². The molecule has 3 aliphatic heterocycles. The molecule has 0 aliphatic carbocycles. The third-order valence-electron chi connectivity index (χ3n) is 4.71. The number of likely N-dealkylation sites (tertiary alicyclic amines) is 2. The third kappa shape index (κ3) is 2.65. The van der Waals surface area contributed by atoms with Gasteiger partial charge in [0.15, 0.2) is 0 Å². The number of hydrogen-bond acceptors (Lipinski definition) is 4. The number of rotatable bonds is 2. The zero-order valence-electron chi connectivity index (χ0n) is 10.7. The van der Waals surface area contributed by atoms with Gasteiger partial charge in [-0.15, -0.1) is 0 Å². The highest BCUT2D eigenvalue weighted by Gasteiger charge is 2.34. The fourth-order valence-electron chi connectivity index (χ4n) is 3.49. The summed E-state index contributed by atoms with van der Waals surface area (Å²) in [5.74, 6) is 0. The fourth-order valence-corrected chi connectivity index (χ4v) is 3.49. The van der Waals surface area contributed by atoms with Gasteiger partial charge < -0.3 is 10.5 Å². The first kappa shape index (κ1) is 11.9. The molecule has 0 aromatic rings. The Bertz CT molecular complexity index is 247. The second-order valence-corrected chi connectivity index (χ2v) is 5.83. The summed E-state index contributed by atoms with van der Waals surface area (Å²) in [4.78, 5) is 5.31. The van der Waals surface area contributed by atoms with Crippen molar-refractivity contribution in [1.29, 1.82) is 0 Å². The molecule has 3 fully saturated rings. The molecule has 0 amide bonds. The molecule has 0 aromatic carbocycles. The Morgan fingerprint density at radius 3 is 2.35 bits per heavy atom. The molecule has 4 heteroatoms. The van der Waals surface area contributed by atoms with E-state index in [1.807, 2.05) is 0 Å². The van der Waals surface area contributed by atoms with Gasteiger partial charge in [-0.05, 0) is 38.8 Å². The van der Waals surface area contributed by atoms with Crippen LogP contribution in [0, 0.1) is 0 Å². The predicted molar refractivity (Wildman–Crippen MR) is 68.0 cm³/mol. The molecule has 3 rings (SSSR count). The van der Waals surface area contributed by atoms with Crippen LogP contribution in [0.3, 0.4) is 0 Å². The minimum Gasteiger partial charge on any atom is -0.380 e. The summed E-state index contributed by atoms with van der Waals surface area (Å²) in [6.07, 6.45) is 4.94. The lowest BCUT2D eigenvalue weighted by atomic mass is 10.0. The zero-order valence-corrected chi connectivity index (χ0v) is 10.7. The molecule has 2 unspecified atom stereocenters. The van der Waals surface area contributed by atoms with Crippen molar-refractivity contribution in [2.75, 3.05) is 39.4 Å². The number of piperidine rings is 1. The maximum atomic E-state index is 5.97. The van der Waals surface area contributed by atoms with Gasteiger partial charge in [0.2, 0.25) is 0 Å². The normalized spacial score (nSPS) is 37.9. The highest BCUT2D eigenvalue weighted by molar-refractivity contribution is 4.90. The molecule has 0 saturated carbocycles. The van der Waals surface area contributed by atoms with E-state index >= 15 is 0 Å². The molecule has 0 aromatic heterocycles. The van der Waals surface area contributed by atoms with Crippen LogP contribution in [0.1, 0.15) is 25.7 Å². The molecule has 0 radical (unpaired) electrons. The number of hydrogen-bond donors (Lipinski definition) is 1. The van der Waals surface area contributed by atoms with Crippen LogP contribution >= 0.6 is 0 Å². The molecule has 17 heavy (non-hydrogen) atoms. The maximum Gasteiger partial charge on any atom is 0.0622 e. The van der Waals surface area contributed by atoms with Gasteiger partial charge in [0.05, 0.1) is 6.61 Å². The summed E-state index contributed by atoms with van der Waals surface area (Å²) >= 11 is 0. The van der Waals surface area contributed by atoms with Crippen molar-refractivity contribution in [2.24, 2.45) is 5.73 Å². The highest BCUT2D eigenvalue weighted by Crippen LogP contribution is 2.24. The summed E-state index contributed by atoms with van der Waals surface area (Å²) in [6, 6.07) is 1.93. The monoisotopic (exact) mass is 239 g/mol. The van der Waals surface area contributed by atoms with Crippen LogP contribution in [-0.4, -0.2) is 67.3 Å². The lowest BCUT2D eigenvalue weighted by Crippen LogP contribution is -2.46. The van der Waals surface area contributed by atoms with Gasteiger partial charge in [0, 0.05) is 37.8 Å². The van der Waals surface area contributed by atoms with E-state index in [0.29, 0.717) is 12.1 Å². The Kier molecular flexibility index (Phi) is 3.66. The summed E-state index contributed by atoms with van der Waals surface area (Å²) in [5.41, 5.74) is 5.97. The SMILES string of the molecule is NC1CCN(C2CCN(C3CCOC3)C2)CC1. The smallest absolute Gasteiger partial charge is 0.0622 e. The molecular weight excluding hydrogens is 214 g/mol. The Balaban J connectivity index is 1.49. The molecule has 3 saturated heterocycles. The van der Waals surface area contributed by atoms with E-state index in [9.17, 15) is 0 Å². The minimum atomic E-state index is 0.451. The van der Waals surface area contributed by atoms with Crippen molar-refractivity contribution < 1.29 is 4.74 Å². The van der Waals surface area contributed by atoms with Crippen molar-refractivity contribution >= 4 is 0 Å². The van der Waals surface area contributed by atoms with Crippen molar-refractivity contribution in [2.45, 2.75) is 43.8 Å². The van der Waals surface area contributed by atoms with Gasteiger partial charge in [-0.1, -0.05) is 0 Å². The van der Waals surface area contributed by atoms with E-state index in [0.717, 1.165) is 19.3 Å². The second-order valence-electron chi connectivity index (χ2n) is 5.83. The van der Waals surface area contributed by atoms with Crippen LogP contribution in [0.2, 0.25) is 0 Å². The van der Waals surface area contributed by atoms with E-state index in [-0.39, 0.29) is 0 Å². The van der Waals surface area contributed by atoms with Crippen LogP contribution in [0.15, 0.2) is 0 Å². The highest BCUT2D eigenvalue weighted by atomic mass is 16.5. The fraction of sp³-hybridized carbons (Fsp3) is 1.00. The number of ether oxygens (including phenoxy) is 1. The average Bonchev–Trinajstić information content (AvgIpc) is 3.00. The molecule has 98 valence electrons. The van der Waals surface area contributed by atoms with E-state index in [1.165, 1.54) is 51.9 Å². The first-order valence-electron chi connectivity index (χ1n) is 7.14.